The first kappa shape index (κ1) is 12.7. The zero-order chi connectivity index (χ0) is 12.0. The van der Waals surface area contributed by atoms with Crippen LogP contribution in [0.4, 0.5) is 5.69 Å². The summed E-state index contributed by atoms with van der Waals surface area (Å²) in [6, 6.07) is 3.74. The van der Waals surface area contributed by atoms with Crippen molar-refractivity contribution in [3.63, 3.8) is 0 Å². The Hall–Kier alpha value is -1.75. The molecule has 2 heterocycles. The summed E-state index contributed by atoms with van der Waals surface area (Å²) in [6.45, 7) is 0. The Bertz CT molecular complexity index is 640. The number of pyridine rings is 1. The number of rotatable bonds is 1. The number of aromatic nitrogens is 1. The van der Waals surface area contributed by atoms with Gasteiger partial charge >= 0.3 is 0 Å². The molecule has 0 amide bonds. The van der Waals surface area contributed by atoms with Crippen molar-refractivity contribution >= 4 is 39.5 Å². The number of benzene rings is 1. The number of hydrogen-bond donors (Lipinski definition) is 1. The summed E-state index contributed by atoms with van der Waals surface area (Å²) >= 11 is 0. The number of anilines is 1. The van der Waals surface area contributed by atoms with Crippen molar-refractivity contribution in [2.75, 3.05) is 19.1 Å². The van der Waals surface area contributed by atoms with Crippen LogP contribution in [-0.2, 0) is 0 Å². The minimum Gasteiger partial charge on any atom is -0.503 e. The van der Waals surface area contributed by atoms with Crippen LogP contribution in [0.25, 0.3) is 16.8 Å². The molecule has 18 heavy (non-hydrogen) atoms. The average molecular weight is 309 g/mol. The van der Waals surface area contributed by atoms with Gasteiger partial charge in [0, 0.05) is 24.8 Å². The maximum absolute atomic E-state index is 10.2. The van der Waals surface area contributed by atoms with E-state index in [2.05, 4.69) is 4.98 Å². The van der Waals surface area contributed by atoms with Crippen LogP contribution < -0.4 is 9.64 Å². The summed E-state index contributed by atoms with van der Waals surface area (Å²) in [5.41, 5.74) is 1.61. The summed E-state index contributed by atoms with van der Waals surface area (Å²) in [6.07, 6.45) is 5.57. The van der Waals surface area contributed by atoms with Gasteiger partial charge in [0.2, 0.25) is 0 Å². The van der Waals surface area contributed by atoms with E-state index in [9.17, 15) is 5.11 Å². The van der Waals surface area contributed by atoms with E-state index >= 15 is 0 Å². The summed E-state index contributed by atoms with van der Waals surface area (Å²) in [7, 11) is 3.44. The van der Waals surface area contributed by atoms with E-state index in [1.165, 1.54) is 0 Å². The van der Waals surface area contributed by atoms with Gasteiger partial charge in [0.25, 0.3) is 0 Å². The number of methoxy groups -OCH3 is 1. The molecule has 0 aliphatic carbocycles. The van der Waals surface area contributed by atoms with Gasteiger partial charge in [-0.1, -0.05) is 0 Å². The van der Waals surface area contributed by atoms with Gasteiger partial charge in [-0.15, -0.1) is 17.0 Å². The van der Waals surface area contributed by atoms with Crippen LogP contribution in [-0.4, -0.2) is 24.2 Å². The second-order valence-electron chi connectivity index (χ2n) is 4.00. The molecule has 0 fully saturated rings. The number of ether oxygens (including phenoxy) is 1. The molecule has 0 bridgehead atoms. The van der Waals surface area contributed by atoms with Crippen LogP contribution in [0.1, 0.15) is 5.69 Å². The van der Waals surface area contributed by atoms with Crippen LogP contribution >= 0.6 is 17.0 Å². The van der Waals surface area contributed by atoms with Crippen molar-refractivity contribution in [3.8, 4) is 11.5 Å². The fourth-order valence-corrected chi connectivity index (χ4v) is 2.20. The molecule has 5 heteroatoms. The fourth-order valence-electron chi connectivity index (χ4n) is 2.20. The first-order chi connectivity index (χ1) is 8.22. The Morgan fingerprint density at radius 3 is 2.89 bits per heavy atom. The quantitative estimate of drug-likeness (QED) is 0.880. The zero-order valence-electron chi connectivity index (χ0n) is 10.0. The molecule has 1 N–H and O–H groups in total. The van der Waals surface area contributed by atoms with Gasteiger partial charge in [-0.25, -0.2) is 0 Å². The smallest absolute Gasteiger partial charge is 0.182 e. The van der Waals surface area contributed by atoms with E-state index in [0.29, 0.717) is 5.75 Å². The van der Waals surface area contributed by atoms with Crippen molar-refractivity contribution in [3.05, 3.63) is 30.2 Å². The monoisotopic (exact) mass is 308 g/mol. The van der Waals surface area contributed by atoms with E-state index in [1.807, 2.05) is 36.4 Å². The van der Waals surface area contributed by atoms with Gasteiger partial charge in [0.15, 0.2) is 11.5 Å². The Balaban J connectivity index is 0.00000120. The van der Waals surface area contributed by atoms with E-state index < -0.39 is 0 Å². The van der Waals surface area contributed by atoms with E-state index in [0.717, 1.165) is 22.2 Å². The lowest BCUT2D eigenvalue weighted by Crippen LogP contribution is -2.12. The summed E-state index contributed by atoms with van der Waals surface area (Å²) in [5.74, 6) is 0.632. The molecule has 0 radical (unpaired) electrons. The number of phenols is 1. The van der Waals surface area contributed by atoms with Crippen molar-refractivity contribution in [2.24, 2.45) is 0 Å². The maximum Gasteiger partial charge on any atom is 0.182 e. The highest BCUT2D eigenvalue weighted by molar-refractivity contribution is 8.93. The van der Waals surface area contributed by atoms with Gasteiger partial charge in [-0.05, 0) is 23.6 Å². The molecule has 1 aliphatic rings. The number of phenolic OH excluding ortho intramolecular Hbond substituents is 1. The zero-order valence-corrected chi connectivity index (χ0v) is 11.8. The summed E-state index contributed by atoms with van der Waals surface area (Å²) < 4.78 is 5.19. The van der Waals surface area contributed by atoms with E-state index in [-0.39, 0.29) is 22.7 Å². The summed E-state index contributed by atoms with van der Waals surface area (Å²) in [5, 5.41) is 12.2. The first-order valence-electron chi connectivity index (χ1n) is 5.32. The molecule has 0 saturated carbocycles. The van der Waals surface area contributed by atoms with Crippen molar-refractivity contribution in [1.82, 2.24) is 4.98 Å². The van der Waals surface area contributed by atoms with Crippen LogP contribution in [0.2, 0.25) is 0 Å². The highest BCUT2D eigenvalue weighted by Crippen LogP contribution is 2.45. The lowest BCUT2D eigenvalue weighted by molar-refractivity contribution is 0.375. The highest BCUT2D eigenvalue weighted by Gasteiger charge is 2.20. The number of nitrogens with zero attached hydrogens (tertiary/aromatic N) is 2. The topological polar surface area (TPSA) is 45.6 Å². The number of hydrogen-bond acceptors (Lipinski definition) is 4. The van der Waals surface area contributed by atoms with Gasteiger partial charge < -0.3 is 14.7 Å². The average Bonchev–Trinajstić information content (AvgIpc) is 2.35. The second kappa shape index (κ2) is 4.49. The molecule has 1 aliphatic heterocycles. The molecule has 0 unspecified atom stereocenters. The molecule has 3 rings (SSSR count). The third-order valence-electron chi connectivity index (χ3n) is 3.02. The molecule has 2 aromatic rings. The number of halogens is 1. The lowest BCUT2D eigenvalue weighted by atomic mass is 10.0. The molecule has 4 nitrogen and oxygen atoms in total. The molecule has 1 aromatic carbocycles. The SMILES string of the molecule is Br.COc1cc2ccnc3c2c(c1O)N(C)C=C3. The third kappa shape index (κ3) is 1.62. The molecular formula is C13H13BrN2O2. The lowest BCUT2D eigenvalue weighted by Gasteiger charge is -2.23. The van der Waals surface area contributed by atoms with Crippen LogP contribution in [0.15, 0.2) is 24.5 Å². The van der Waals surface area contributed by atoms with E-state index in [1.54, 1.807) is 13.3 Å². The molecule has 0 saturated heterocycles. The van der Waals surface area contributed by atoms with Gasteiger partial charge in [-0.2, -0.15) is 0 Å². The predicted octanol–water partition coefficient (Wildman–Crippen LogP) is 2.95. The van der Waals surface area contributed by atoms with Crippen LogP contribution in [0, 0.1) is 0 Å². The summed E-state index contributed by atoms with van der Waals surface area (Å²) in [4.78, 5) is 6.17. The molecule has 0 atom stereocenters. The van der Waals surface area contributed by atoms with Crippen LogP contribution in [0.3, 0.4) is 0 Å². The molecule has 0 spiro atoms. The minimum atomic E-state index is 0. The van der Waals surface area contributed by atoms with Crippen molar-refractivity contribution < 1.29 is 9.84 Å². The molecule has 1 aromatic heterocycles. The molecule has 94 valence electrons. The van der Waals surface area contributed by atoms with Gasteiger partial charge in [-0.3, -0.25) is 4.98 Å². The van der Waals surface area contributed by atoms with Gasteiger partial charge in [0.1, 0.15) is 0 Å². The second-order valence-corrected chi connectivity index (χ2v) is 4.00. The Morgan fingerprint density at radius 2 is 2.17 bits per heavy atom. The number of aromatic hydroxyl groups is 1. The third-order valence-corrected chi connectivity index (χ3v) is 3.02. The Kier molecular flexibility index (Phi) is 3.17. The van der Waals surface area contributed by atoms with Gasteiger partial charge in [0.05, 0.1) is 18.5 Å². The normalized spacial score (nSPS) is 12.4. The first-order valence-corrected chi connectivity index (χ1v) is 5.32. The minimum absolute atomic E-state index is 0. The molecular weight excluding hydrogens is 296 g/mol. The standard InChI is InChI=1S/C13H12N2O2.BrH/c1-15-6-4-9-11-8(3-5-14-9)7-10(17-2)13(16)12(11)15;/h3-7,16H,1-2H3;1H. The Morgan fingerprint density at radius 1 is 1.39 bits per heavy atom. The van der Waals surface area contributed by atoms with Crippen molar-refractivity contribution in [2.45, 2.75) is 0 Å². The maximum atomic E-state index is 10.2. The predicted molar refractivity (Wildman–Crippen MR) is 77.7 cm³/mol. The Labute approximate surface area is 115 Å². The van der Waals surface area contributed by atoms with Crippen molar-refractivity contribution in [1.29, 1.82) is 0 Å². The fraction of sp³-hybridized carbons (Fsp3) is 0.154. The van der Waals surface area contributed by atoms with Crippen LogP contribution in [0.5, 0.6) is 11.5 Å². The highest BCUT2D eigenvalue weighted by atomic mass is 79.9. The largest absolute Gasteiger partial charge is 0.503 e. The van der Waals surface area contributed by atoms with E-state index in [4.69, 9.17) is 4.74 Å².